The summed E-state index contributed by atoms with van der Waals surface area (Å²) in [6.07, 6.45) is -0.573. The van der Waals surface area contributed by atoms with Crippen molar-refractivity contribution in [2.75, 3.05) is 46.2 Å². The van der Waals surface area contributed by atoms with Crippen LogP contribution in [0.3, 0.4) is 0 Å². The van der Waals surface area contributed by atoms with Crippen molar-refractivity contribution in [1.82, 2.24) is 4.90 Å². The van der Waals surface area contributed by atoms with Crippen LogP contribution in [0.15, 0.2) is 36.4 Å². The number of aliphatic hydroxyl groups is 1. The van der Waals surface area contributed by atoms with Gasteiger partial charge in [-0.05, 0) is 41.5 Å². The molecule has 2 aromatic carbocycles. The number of morpholine rings is 1. The summed E-state index contributed by atoms with van der Waals surface area (Å²) in [6, 6.07) is 11.3. The van der Waals surface area contributed by atoms with Gasteiger partial charge < -0.3 is 24.1 Å². The zero-order valence-electron chi connectivity index (χ0n) is 14.9. The Morgan fingerprint density at radius 1 is 1.04 bits per heavy atom. The highest BCUT2D eigenvalue weighted by atomic mass is 35.5. The fourth-order valence-electron chi connectivity index (χ4n) is 3.22. The highest BCUT2D eigenvalue weighted by Gasteiger charge is 2.17. The number of β-amino-alcohol motifs (C(OH)–C–C–N with tert-alkyl or cyclic N) is 1. The van der Waals surface area contributed by atoms with E-state index >= 15 is 0 Å². The monoisotopic (exact) mass is 391 g/mol. The van der Waals surface area contributed by atoms with Crippen molar-refractivity contribution in [2.24, 2.45) is 0 Å². The van der Waals surface area contributed by atoms with Gasteiger partial charge in [-0.25, -0.2) is 0 Å². The minimum atomic E-state index is -0.573. The molecule has 1 unspecified atom stereocenters. The molecule has 0 bridgehead atoms. The van der Waals surface area contributed by atoms with E-state index in [0.717, 1.165) is 35.7 Å². The second-order valence-electron chi connectivity index (χ2n) is 6.62. The lowest BCUT2D eigenvalue weighted by molar-refractivity contribution is 0.00466. The minimum absolute atomic E-state index is 0.207. The van der Waals surface area contributed by atoms with Gasteiger partial charge in [0.1, 0.15) is 18.5 Å². The predicted molar refractivity (Wildman–Crippen MR) is 102 cm³/mol. The van der Waals surface area contributed by atoms with Crippen LogP contribution in [0.2, 0.25) is 5.02 Å². The van der Waals surface area contributed by atoms with E-state index in [1.807, 2.05) is 30.3 Å². The topological polar surface area (TPSA) is 60.4 Å². The van der Waals surface area contributed by atoms with Gasteiger partial charge >= 0.3 is 0 Å². The molecule has 1 fully saturated rings. The van der Waals surface area contributed by atoms with Crippen LogP contribution in [0.25, 0.3) is 11.1 Å². The van der Waals surface area contributed by atoms with E-state index < -0.39 is 6.10 Å². The van der Waals surface area contributed by atoms with Crippen LogP contribution in [0.1, 0.15) is 0 Å². The summed E-state index contributed by atoms with van der Waals surface area (Å²) >= 11 is 6.27. The summed E-state index contributed by atoms with van der Waals surface area (Å²) in [7, 11) is 0. The van der Waals surface area contributed by atoms with E-state index in [9.17, 15) is 5.11 Å². The molecule has 1 atom stereocenters. The van der Waals surface area contributed by atoms with Crippen molar-refractivity contribution in [3.63, 3.8) is 0 Å². The average Bonchev–Trinajstić information content (AvgIpc) is 3.14. The molecule has 0 radical (unpaired) electrons. The Hall–Kier alpha value is -1.99. The molecule has 2 heterocycles. The third-order valence-electron chi connectivity index (χ3n) is 4.59. The number of hydrogen-bond donors (Lipinski definition) is 1. The Labute approximate surface area is 163 Å². The first-order valence-electron chi connectivity index (χ1n) is 8.99. The van der Waals surface area contributed by atoms with Gasteiger partial charge in [0.25, 0.3) is 0 Å². The SMILES string of the molecule is OC(COc1cc(Cl)cc(-c2ccc3c(c2)OCO3)c1)CN1CCOCC1. The highest BCUT2D eigenvalue weighted by Crippen LogP contribution is 2.37. The molecule has 6 nitrogen and oxygen atoms in total. The van der Waals surface area contributed by atoms with Gasteiger partial charge in [-0.1, -0.05) is 17.7 Å². The van der Waals surface area contributed by atoms with E-state index in [4.69, 9.17) is 30.5 Å². The van der Waals surface area contributed by atoms with Crippen LogP contribution < -0.4 is 14.2 Å². The Morgan fingerprint density at radius 2 is 1.85 bits per heavy atom. The van der Waals surface area contributed by atoms with Crippen LogP contribution in [0.5, 0.6) is 17.2 Å². The Morgan fingerprint density at radius 3 is 2.70 bits per heavy atom. The van der Waals surface area contributed by atoms with Gasteiger partial charge in [0.2, 0.25) is 6.79 Å². The van der Waals surface area contributed by atoms with Gasteiger partial charge in [-0.2, -0.15) is 0 Å². The number of halogens is 1. The molecule has 1 saturated heterocycles. The highest BCUT2D eigenvalue weighted by molar-refractivity contribution is 6.31. The molecule has 1 N–H and O–H groups in total. The Balaban J connectivity index is 1.41. The van der Waals surface area contributed by atoms with Crippen LogP contribution >= 0.6 is 11.6 Å². The van der Waals surface area contributed by atoms with Crippen molar-refractivity contribution < 1.29 is 24.1 Å². The van der Waals surface area contributed by atoms with Gasteiger partial charge in [-0.3, -0.25) is 4.90 Å². The molecule has 7 heteroatoms. The second-order valence-corrected chi connectivity index (χ2v) is 7.06. The third-order valence-corrected chi connectivity index (χ3v) is 4.81. The third kappa shape index (κ3) is 4.65. The van der Waals surface area contributed by atoms with Gasteiger partial charge in [0, 0.05) is 24.7 Å². The molecule has 2 aliphatic rings. The van der Waals surface area contributed by atoms with Gasteiger partial charge in [0.15, 0.2) is 11.5 Å². The van der Waals surface area contributed by atoms with Gasteiger partial charge in [-0.15, -0.1) is 0 Å². The maximum absolute atomic E-state index is 10.3. The normalized spacial score (nSPS) is 17.7. The minimum Gasteiger partial charge on any atom is -0.491 e. The summed E-state index contributed by atoms with van der Waals surface area (Å²) in [4.78, 5) is 2.17. The Bertz CT molecular complexity index is 794. The van der Waals surface area contributed by atoms with Crippen molar-refractivity contribution in [3.8, 4) is 28.4 Å². The smallest absolute Gasteiger partial charge is 0.231 e. The largest absolute Gasteiger partial charge is 0.491 e. The lowest BCUT2D eigenvalue weighted by Gasteiger charge is -2.28. The number of nitrogens with zero attached hydrogens (tertiary/aromatic N) is 1. The van der Waals surface area contributed by atoms with Gasteiger partial charge in [0.05, 0.1) is 13.2 Å². The van der Waals surface area contributed by atoms with E-state index in [2.05, 4.69) is 4.90 Å². The molecule has 2 aromatic rings. The molecule has 27 heavy (non-hydrogen) atoms. The molecule has 0 amide bonds. The molecule has 0 spiro atoms. The first kappa shape index (κ1) is 18.4. The maximum atomic E-state index is 10.3. The lowest BCUT2D eigenvalue weighted by atomic mass is 10.0. The molecule has 4 rings (SSSR count). The predicted octanol–water partition coefficient (Wildman–Crippen LogP) is 2.81. The fraction of sp³-hybridized carbons (Fsp3) is 0.400. The Kier molecular flexibility index (Phi) is 5.69. The summed E-state index contributed by atoms with van der Waals surface area (Å²) in [5.74, 6) is 2.08. The fourth-order valence-corrected chi connectivity index (χ4v) is 3.44. The van der Waals surface area contributed by atoms with Crippen LogP contribution in [-0.2, 0) is 4.74 Å². The summed E-state index contributed by atoms with van der Waals surface area (Å²) in [5.41, 5.74) is 1.87. The number of hydrogen-bond acceptors (Lipinski definition) is 6. The standard InChI is InChI=1S/C20H22ClNO5/c21-16-7-15(14-1-2-19-20(9-14)27-13-26-19)8-18(10-16)25-12-17(23)11-22-3-5-24-6-4-22/h1-2,7-10,17,23H,3-6,11-13H2. The van der Waals surface area contributed by atoms with Crippen molar-refractivity contribution >= 4 is 11.6 Å². The number of rotatable bonds is 6. The zero-order chi connectivity index (χ0) is 18.6. The first-order valence-corrected chi connectivity index (χ1v) is 9.37. The first-order chi connectivity index (χ1) is 13.2. The summed E-state index contributed by atoms with van der Waals surface area (Å²) in [5, 5.41) is 10.8. The van der Waals surface area contributed by atoms with E-state index in [1.54, 1.807) is 6.07 Å². The molecule has 0 aromatic heterocycles. The second kappa shape index (κ2) is 8.35. The number of ether oxygens (including phenoxy) is 4. The van der Waals surface area contributed by atoms with Crippen LogP contribution in [0.4, 0.5) is 0 Å². The van der Waals surface area contributed by atoms with Crippen molar-refractivity contribution in [2.45, 2.75) is 6.10 Å². The molecular formula is C20H22ClNO5. The molecule has 0 aliphatic carbocycles. The molecule has 2 aliphatic heterocycles. The summed E-state index contributed by atoms with van der Waals surface area (Å²) in [6.45, 7) is 4.10. The van der Waals surface area contributed by atoms with Crippen molar-refractivity contribution in [1.29, 1.82) is 0 Å². The zero-order valence-corrected chi connectivity index (χ0v) is 15.7. The quantitative estimate of drug-likeness (QED) is 0.817. The average molecular weight is 392 g/mol. The van der Waals surface area contributed by atoms with E-state index in [-0.39, 0.29) is 13.4 Å². The number of benzene rings is 2. The lowest BCUT2D eigenvalue weighted by Crippen LogP contribution is -2.42. The van der Waals surface area contributed by atoms with E-state index in [1.165, 1.54) is 0 Å². The number of aliphatic hydroxyl groups excluding tert-OH is 1. The van der Waals surface area contributed by atoms with E-state index in [0.29, 0.717) is 30.5 Å². The maximum Gasteiger partial charge on any atom is 0.231 e. The number of fused-ring (bicyclic) bond motifs is 1. The van der Waals surface area contributed by atoms with Crippen molar-refractivity contribution in [3.05, 3.63) is 41.4 Å². The molecule has 144 valence electrons. The molecule has 0 saturated carbocycles. The van der Waals surface area contributed by atoms with Crippen LogP contribution in [-0.4, -0.2) is 62.4 Å². The molecular weight excluding hydrogens is 370 g/mol. The van der Waals surface area contributed by atoms with Crippen LogP contribution in [0, 0.1) is 0 Å². The summed E-state index contributed by atoms with van der Waals surface area (Å²) < 4.78 is 21.9.